The Balaban J connectivity index is 1.89. The fourth-order valence-electron chi connectivity index (χ4n) is 5.73. The van der Waals surface area contributed by atoms with E-state index in [9.17, 15) is 0 Å². The molecule has 0 N–H and O–H groups in total. The van der Waals surface area contributed by atoms with Crippen molar-refractivity contribution in [3.05, 3.63) is 0 Å². The maximum atomic E-state index is 2.81. The normalized spacial score (nSPS) is 27.0. The molecule has 3 nitrogen and oxygen atoms in total. The summed E-state index contributed by atoms with van der Waals surface area (Å²) in [5.41, 5.74) is 0.629. The molecule has 0 aromatic carbocycles. The Morgan fingerprint density at radius 3 is 2.26 bits per heavy atom. The Morgan fingerprint density at radius 2 is 1.74 bits per heavy atom. The van der Waals surface area contributed by atoms with Gasteiger partial charge in [0.25, 0.3) is 0 Å². The highest BCUT2D eigenvalue weighted by molar-refractivity contribution is 6.57. The van der Waals surface area contributed by atoms with Gasteiger partial charge in [0.15, 0.2) is 7.98 Å². The molecule has 6 heteroatoms. The highest BCUT2D eigenvalue weighted by Crippen LogP contribution is 2.41. The Bertz CT molecular complexity index is 478. The lowest BCUT2D eigenvalue weighted by Gasteiger charge is -2.40. The summed E-state index contributed by atoms with van der Waals surface area (Å²) in [7, 11) is 3.59. The largest absolute Gasteiger partial charge is 0.344 e. The third kappa shape index (κ3) is 5.79. The van der Waals surface area contributed by atoms with Crippen LogP contribution in [-0.4, -0.2) is 72.9 Å². The number of hydrogen-bond donors (Lipinski definition) is 0. The molecule has 154 valence electrons. The van der Waals surface area contributed by atoms with Gasteiger partial charge in [-0.15, -0.1) is 0 Å². The van der Waals surface area contributed by atoms with E-state index in [2.05, 4.69) is 84.6 Å². The van der Waals surface area contributed by atoms with Crippen molar-refractivity contribution in [2.75, 3.05) is 13.1 Å². The van der Waals surface area contributed by atoms with Crippen LogP contribution in [0.5, 0.6) is 0 Å². The van der Waals surface area contributed by atoms with Crippen LogP contribution in [0.1, 0.15) is 81.1 Å². The summed E-state index contributed by atoms with van der Waals surface area (Å²) >= 11 is 0. The standard InChI is InChI=1S/C21H46B3N3/c1-16(2)27(22)17(3)14-18-10-12-25(23-18)21(7,8)15-19-11-13-26(24(19)9)20(4,5)6/h16-19,23H,10-15,22H2,1-9H3. The van der Waals surface area contributed by atoms with E-state index in [0.717, 1.165) is 11.6 Å². The van der Waals surface area contributed by atoms with Crippen molar-refractivity contribution in [3.8, 4) is 0 Å². The fourth-order valence-corrected chi connectivity index (χ4v) is 5.73. The first-order valence-electron chi connectivity index (χ1n) is 11.6. The second kappa shape index (κ2) is 8.84. The minimum Gasteiger partial charge on any atom is -0.344 e. The van der Waals surface area contributed by atoms with E-state index in [1.54, 1.807) is 0 Å². The Labute approximate surface area is 172 Å². The SMILES string of the molecule is BN(C(C)C)C(C)CC1BN(C(C)(C)CC2CCN(C(C)(C)C)B2C)CC1. The average molecular weight is 373 g/mol. The van der Waals surface area contributed by atoms with Crippen LogP contribution >= 0.6 is 0 Å². The molecule has 2 saturated heterocycles. The van der Waals surface area contributed by atoms with E-state index < -0.39 is 0 Å². The molecule has 0 radical (unpaired) electrons. The minimum atomic E-state index is 0.301. The van der Waals surface area contributed by atoms with Gasteiger partial charge in [-0.25, -0.2) is 0 Å². The molecule has 0 bridgehead atoms. The van der Waals surface area contributed by atoms with Gasteiger partial charge in [-0.1, -0.05) is 27.6 Å². The molecular weight excluding hydrogens is 327 g/mol. The van der Waals surface area contributed by atoms with Gasteiger partial charge in [0.1, 0.15) is 0 Å². The van der Waals surface area contributed by atoms with Gasteiger partial charge < -0.3 is 14.4 Å². The molecule has 2 rings (SSSR count). The monoisotopic (exact) mass is 373 g/mol. The van der Waals surface area contributed by atoms with E-state index in [-0.39, 0.29) is 0 Å². The van der Waals surface area contributed by atoms with Crippen molar-refractivity contribution in [1.82, 2.24) is 14.4 Å². The zero-order valence-corrected chi connectivity index (χ0v) is 20.2. The zero-order chi connectivity index (χ0) is 20.6. The van der Waals surface area contributed by atoms with Gasteiger partial charge in [0.2, 0.25) is 14.3 Å². The van der Waals surface area contributed by atoms with Crippen LogP contribution in [0.2, 0.25) is 18.5 Å². The van der Waals surface area contributed by atoms with Crippen molar-refractivity contribution in [2.24, 2.45) is 0 Å². The molecule has 2 aliphatic heterocycles. The van der Waals surface area contributed by atoms with Crippen LogP contribution in [0.3, 0.4) is 0 Å². The van der Waals surface area contributed by atoms with Gasteiger partial charge in [-0.3, -0.25) is 0 Å². The third-order valence-corrected chi connectivity index (χ3v) is 7.86. The van der Waals surface area contributed by atoms with Crippen LogP contribution in [0.25, 0.3) is 0 Å². The van der Waals surface area contributed by atoms with Crippen LogP contribution in [0.15, 0.2) is 0 Å². The first kappa shape index (κ1) is 23.4. The Morgan fingerprint density at radius 1 is 1.11 bits per heavy atom. The number of rotatable bonds is 7. The second-order valence-electron chi connectivity index (χ2n) is 11.6. The molecule has 27 heavy (non-hydrogen) atoms. The molecule has 0 amide bonds. The first-order chi connectivity index (χ1) is 12.3. The van der Waals surface area contributed by atoms with Crippen LogP contribution in [0.4, 0.5) is 0 Å². The molecule has 0 saturated carbocycles. The molecule has 0 spiro atoms. The molecule has 2 aliphatic rings. The molecule has 3 atom stereocenters. The quantitative estimate of drug-likeness (QED) is 0.633. The predicted molar refractivity (Wildman–Crippen MR) is 127 cm³/mol. The summed E-state index contributed by atoms with van der Waals surface area (Å²) in [5.74, 6) is 1.71. The summed E-state index contributed by atoms with van der Waals surface area (Å²) in [6, 6.07) is 1.33. The predicted octanol–water partition coefficient (Wildman–Crippen LogP) is 3.53. The smallest absolute Gasteiger partial charge is 0.223 e. The summed E-state index contributed by atoms with van der Waals surface area (Å²) in [6.45, 7) is 24.9. The summed E-state index contributed by atoms with van der Waals surface area (Å²) in [4.78, 5) is 8.07. The van der Waals surface area contributed by atoms with Crippen molar-refractivity contribution < 1.29 is 0 Å². The summed E-state index contributed by atoms with van der Waals surface area (Å²) in [6.07, 6.45) is 5.44. The fraction of sp³-hybridized carbons (Fsp3) is 1.00. The van der Waals surface area contributed by atoms with Crippen molar-refractivity contribution >= 4 is 22.2 Å². The lowest BCUT2D eigenvalue weighted by Crippen LogP contribution is -2.49. The minimum absolute atomic E-state index is 0.301. The molecule has 2 heterocycles. The van der Waals surface area contributed by atoms with Crippen LogP contribution in [-0.2, 0) is 0 Å². The third-order valence-electron chi connectivity index (χ3n) is 7.86. The highest BCUT2D eigenvalue weighted by atomic mass is 15.2. The summed E-state index contributed by atoms with van der Waals surface area (Å²) in [5, 5.41) is 0. The lowest BCUT2D eigenvalue weighted by molar-refractivity contribution is 0.224. The topological polar surface area (TPSA) is 9.72 Å². The molecule has 0 aromatic rings. The van der Waals surface area contributed by atoms with E-state index in [0.29, 0.717) is 30.0 Å². The average Bonchev–Trinajstić information content (AvgIpc) is 3.13. The van der Waals surface area contributed by atoms with E-state index in [1.165, 1.54) is 46.2 Å². The maximum Gasteiger partial charge on any atom is 0.223 e. The number of nitrogens with zero attached hydrogens (tertiary/aromatic N) is 3. The first-order valence-corrected chi connectivity index (χ1v) is 11.6. The molecular formula is C21H46B3N3. The van der Waals surface area contributed by atoms with Crippen molar-refractivity contribution in [3.63, 3.8) is 0 Å². The second-order valence-corrected chi connectivity index (χ2v) is 11.6. The molecule has 0 aliphatic carbocycles. The highest BCUT2D eigenvalue weighted by Gasteiger charge is 2.43. The molecule has 2 fully saturated rings. The van der Waals surface area contributed by atoms with Crippen LogP contribution < -0.4 is 0 Å². The molecule has 3 unspecified atom stereocenters. The van der Waals surface area contributed by atoms with Crippen LogP contribution in [0, 0.1) is 0 Å². The van der Waals surface area contributed by atoms with Gasteiger partial charge >= 0.3 is 0 Å². The zero-order valence-electron chi connectivity index (χ0n) is 20.2. The Hall–Kier alpha value is 0.0748. The number of hydrogen-bond acceptors (Lipinski definition) is 3. The Kier molecular flexibility index (Phi) is 7.64. The van der Waals surface area contributed by atoms with Crippen molar-refractivity contribution in [1.29, 1.82) is 0 Å². The van der Waals surface area contributed by atoms with Gasteiger partial charge in [-0.05, 0) is 97.1 Å². The summed E-state index contributed by atoms with van der Waals surface area (Å²) < 4.78 is 0. The van der Waals surface area contributed by atoms with Gasteiger partial charge in [-0.2, -0.15) is 0 Å². The van der Waals surface area contributed by atoms with Crippen molar-refractivity contribution in [2.45, 2.75) is 123 Å². The van der Waals surface area contributed by atoms with E-state index in [1.807, 2.05) is 0 Å². The van der Waals surface area contributed by atoms with E-state index in [4.69, 9.17) is 0 Å². The van der Waals surface area contributed by atoms with Gasteiger partial charge in [0.05, 0.1) is 0 Å². The van der Waals surface area contributed by atoms with Gasteiger partial charge in [0, 0.05) is 11.1 Å². The van der Waals surface area contributed by atoms with E-state index >= 15 is 0 Å². The molecule has 0 aromatic heterocycles. The maximum absolute atomic E-state index is 2.81. The lowest BCUT2D eigenvalue weighted by atomic mass is 9.50.